The van der Waals surface area contributed by atoms with E-state index in [4.69, 9.17) is 0 Å². The summed E-state index contributed by atoms with van der Waals surface area (Å²) in [6.45, 7) is 4.68. The van der Waals surface area contributed by atoms with E-state index in [2.05, 4.69) is 44.2 Å². The van der Waals surface area contributed by atoms with Crippen LogP contribution >= 0.6 is 0 Å². The van der Waals surface area contributed by atoms with E-state index in [0.717, 1.165) is 5.92 Å². The topological polar surface area (TPSA) is 0 Å². The molecule has 0 amide bonds. The van der Waals surface area contributed by atoms with Gasteiger partial charge in [-0.1, -0.05) is 102 Å². The van der Waals surface area contributed by atoms with Crippen molar-refractivity contribution >= 4 is 0 Å². The molecule has 0 aliphatic carbocycles. The monoisotopic (exact) mass is 260 g/mol. The average Bonchev–Trinajstić information content (AvgIpc) is 2.43. The van der Waals surface area contributed by atoms with Gasteiger partial charge in [-0.05, 0) is 17.9 Å². The van der Waals surface area contributed by atoms with Gasteiger partial charge < -0.3 is 0 Å². The molecule has 1 aromatic rings. The molecule has 0 heteroatoms. The zero-order valence-corrected chi connectivity index (χ0v) is 13.0. The maximum atomic E-state index is 2.40. The Hall–Kier alpha value is -0.780. The summed E-state index contributed by atoms with van der Waals surface area (Å²) in [6.07, 6.45) is 14.1. The van der Waals surface area contributed by atoms with Crippen LogP contribution in [0.2, 0.25) is 0 Å². The Morgan fingerprint density at radius 3 is 2.00 bits per heavy atom. The second-order valence-corrected chi connectivity index (χ2v) is 6.06. The molecule has 0 saturated heterocycles. The fourth-order valence-corrected chi connectivity index (χ4v) is 2.75. The number of hydrogen-bond acceptors (Lipinski definition) is 0. The first kappa shape index (κ1) is 16.3. The van der Waals surface area contributed by atoms with Gasteiger partial charge in [-0.3, -0.25) is 0 Å². The average molecular weight is 260 g/mol. The Morgan fingerprint density at radius 2 is 1.37 bits per heavy atom. The summed E-state index contributed by atoms with van der Waals surface area (Å²) in [7, 11) is 0. The highest BCUT2D eigenvalue weighted by atomic mass is 14.1. The smallest absolute Gasteiger partial charge is 0.0253 e. The molecule has 0 spiro atoms. The van der Waals surface area contributed by atoms with E-state index >= 15 is 0 Å². The molecule has 0 fully saturated rings. The molecule has 0 bridgehead atoms. The van der Waals surface area contributed by atoms with Gasteiger partial charge in [0.15, 0.2) is 0 Å². The molecule has 0 nitrogen and oxygen atoms in total. The summed E-state index contributed by atoms with van der Waals surface area (Å²) in [5, 5.41) is 0. The van der Waals surface area contributed by atoms with Crippen LogP contribution in [-0.2, 0) is 6.42 Å². The van der Waals surface area contributed by atoms with Crippen molar-refractivity contribution < 1.29 is 0 Å². The first-order valence-electron chi connectivity index (χ1n) is 8.37. The lowest BCUT2D eigenvalue weighted by atomic mass is 9.95. The van der Waals surface area contributed by atoms with Crippen LogP contribution in [0, 0.1) is 5.92 Å². The fraction of sp³-hybridized carbons (Fsp3) is 0.684. The van der Waals surface area contributed by atoms with Crippen LogP contribution < -0.4 is 0 Å². The molecule has 0 radical (unpaired) electrons. The van der Waals surface area contributed by atoms with E-state index in [1.807, 2.05) is 0 Å². The van der Waals surface area contributed by atoms with Crippen molar-refractivity contribution in [2.24, 2.45) is 5.92 Å². The maximum Gasteiger partial charge on any atom is -0.0253 e. The zero-order chi connectivity index (χ0) is 13.8. The SMILES string of the molecule is CCCCCCCCCCC(C)Cc1ccccc1. The predicted molar refractivity (Wildman–Crippen MR) is 86.5 cm³/mol. The highest BCUT2D eigenvalue weighted by Crippen LogP contribution is 2.16. The van der Waals surface area contributed by atoms with Crippen LogP contribution in [0.15, 0.2) is 30.3 Å². The molecule has 19 heavy (non-hydrogen) atoms. The number of benzene rings is 1. The lowest BCUT2D eigenvalue weighted by molar-refractivity contribution is 0.478. The molecule has 1 atom stereocenters. The van der Waals surface area contributed by atoms with Crippen molar-refractivity contribution in [2.45, 2.75) is 78.1 Å². The number of unbranched alkanes of at least 4 members (excludes halogenated alkanes) is 7. The summed E-state index contributed by atoms with van der Waals surface area (Å²) in [5.41, 5.74) is 1.49. The molecule has 0 N–H and O–H groups in total. The van der Waals surface area contributed by atoms with Gasteiger partial charge in [0.2, 0.25) is 0 Å². The minimum Gasteiger partial charge on any atom is -0.0654 e. The summed E-state index contributed by atoms with van der Waals surface area (Å²) >= 11 is 0. The Morgan fingerprint density at radius 1 is 0.789 bits per heavy atom. The summed E-state index contributed by atoms with van der Waals surface area (Å²) in [6, 6.07) is 10.9. The van der Waals surface area contributed by atoms with Gasteiger partial charge in [-0.2, -0.15) is 0 Å². The summed E-state index contributed by atoms with van der Waals surface area (Å²) in [5.74, 6) is 0.836. The van der Waals surface area contributed by atoms with Gasteiger partial charge in [0.05, 0.1) is 0 Å². The molecular weight excluding hydrogens is 228 g/mol. The van der Waals surface area contributed by atoms with E-state index < -0.39 is 0 Å². The molecule has 0 heterocycles. The molecule has 0 aliphatic heterocycles. The van der Waals surface area contributed by atoms with Gasteiger partial charge in [-0.25, -0.2) is 0 Å². The summed E-state index contributed by atoms with van der Waals surface area (Å²) in [4.78, 5) is 0. The van der Waals surface area contributed by atoms with E-state index in [1.54, 1.807) is 0 Å². The lowest BCUT2D eigenvalue weighted by Gasteiger charge is -2.11. The van der Waals surface area contributed by atoms with Crippen molar-refractivity contribution in [3.05, 3.63) is 35.9 Å². The van der Waals surface area contributed by atoms with E-state index in [1.165, 1.54) is 69.8 Å². The van der Waals surface area contributed by atoms with Gasteiger partial charge in [0.25, 0.3) is 0 Å². The predicted octanol–water partition coefficient (Wildman–Crippen LogP) is 6.40. The van der Waals surface area contributed by atoms with Crippen LogP contribution in [0.1, 0.15) is 77.2 Å². The largest absolute Gasteiger partial charge is 0.0654 e. The molecule has 1 unspecified atom stereocenters. The first-order valence-corrected chi connectivity index (χ1v) is 8.37. The standard InChI is InChI=1S/C19H32/c1-3-4-5-6-7-8-9-11-14-18(2)17-19-15-12-10-13-16-19/h10,12-13,15-16,18H,3-9,11,14,17H2,1-2H3. The highest BCUT2D eigenvalue weighted by molar-refractivity contribution is 5.14. The van der Waals surface area contributed by atoms with Crippen molar-refractivity contribution in [3.8, 4) is 0 Å². The van der Waals surface area contributed by atoms with Crippen molar-refractivity contribution in [1.29, 1.82) is 0 Å². The molecule has 108 valence electrons. The Labute approximate surface area is 120 Å². The van der Waals surface area contributed by atoms with Crippen molar-refractivity contribution in [2.75, 3.05) is 0 Å². The van der Waals surface area contributed by atoms with Crippen molar-refractivity contribution in [1.82, 2.24) is 0 Å². The fourth-order valence-electron chi connectivity index (χ4n) is 2.75. The second-order valence-electron chi connectivity index (χ2n) is 6.06. The quantitative estimate of drug-likeness (QED) is 0.404. The van der Waals surface area contributed by atoms with Crippen LogP contribution in [0.4, 0.5) is 0 Å². The van der Waals surface area contributed by atoms with Crippen LogP contribution in [0.3, 0.4) is 0 Å². The molecule has 1 rings (SSSR count). The minimum atomic E-state index is 0.836. The Kier molecular flexibility index (Phi) is 9.49. The van der Waals surface area contributed by atoms with Gasteiger partial charge in [-0.15, -0.1) is 0 Å². The van der Waals surface area contributed by atoms with Crippen LogP contribution in [-0.4, -0.2) is 0 Å². The normalized spacial score (nSPS) is 12.5. The third-order valence-electron chi connectivity index (χ3n) is 3.98. The number of hydrogen-bond donors (Lipinski definition) is 0. The molecule has 0 aliphatic rings. The summed E-state index contributed by atoms with van der Waals surface area (Å²) < 4.78 is 0. The third-order valence-corrected chi connectivity index (χ3v) is 3.98. The first-order chi connectivity index (χ1) is 9.33. The maximum absolute atomic E-state index is 2.40. The van der Waals surface area contributed by atoms with E-state index in [9.17, 15) is 0 Å². The van der Waals surface area contributed by atoms with Crippen LogP contribution in [0.5, 0.6) is 0 Å². The van der Waals surface area contributed by atoms with Crippen LogP contribution in [0.25, 0.3) is 0 Å². The second kappa shape index (κ2) is 11.1. The number of rotatable bonds is 11. The third kappa shape index (κ3) is 8.86. The molecule has 0 aromatic heterocycles. The van der Waals surface area contributed by atoms with Gasteiger partial charge in [0, 0.05) is 0 Å². The van der Waals surface area contributed by atoms with Gasteiger partial charge >= 0.3 is 0 Å². The van der Waals surface area contributed by atoms with Gasteiger partial charge in [0.1, 0.15) is 0 Å². The highest BCUT2D eigenvalue weighted by Gasteiger charge is 2.03. The van der Waals surface area contributed by atoms with E-state index in [-0.39, 0.29) is 0 Å². The Balaban J connectivity index is 1.94. The lowest BCUT2D eigenvalue weighted by Crippen LogP contribution is -1.99. The molecule has 1 aromatic carbocycles. The minimum absolute atomic E-state index is 0.836. The van der Waals surface area contributed by atoms with Crippen molar-refractivity contribution in [3.63, 3.8) is 0 Å². The van der Waals surface area contributed by atoms with E-state index in [0.29, 0.717) is 0 Å². The molecular formula is C19H32. The zero-order valence-electron chi connectivity index (χ0n) is 13.0. The Bertz CT molecular complexity index is 288. The molecule has 0 saturated carbocycles.